The van der Waals surface area contributed by atoms with Gasteiger partial charge in [-0.1, -0.05) is 12.1 Å². The van der Waals surface area contributed by atoms with Gasteiger partial charge >= 0.3 is 0 Å². The Morgan fingerprint density at radius 1 is 1.17 bits per heavy atom. The van der Waals surface area contributed by atoms with Crippen molar-refractivity contribution in [3.8, 4) is 5.82 Å². The number of anilines is 3. The Balaban J connectivity index is 1.23. The lowest BCUT2D eigenvalue weighted by atomic mass is 9.88. The highest BCUT2D eigenvalue weighted by molar-refractivity contribution is 5.77. The quantitative estimate of drug-likeness (QED) is 0.275. The minimum absolute atomic E-state index is 0.132. The molecule has 1 aliphatic heterocycles. The van der Waals surface area contributed by atoms with Crippen LogP contribution in [-0.4, -0.2) is 67.3 Å². The van der Waals surface area contributed by atoms with Gasteiger partial charge in [-0.15, -0.1) is 6.58 Å². The number of fused-ring (bicyclic) bond motifs is 2. The van der Waals surface area contributed by atoms with Crippen LogP contribution < -0.4 is 15.8 Å². The van der Waals surface area contributed by atoms with Crippen molar-refractivity contribution in [2.75, 3.05) is 36.9 Å². The molecule has 2 fully saturated rings. The van der Waals surface area contributed by atoms with Gasteiger partial charge in [0.25, 0.3) is 5.56 Å². The average molecular weight is 557 g/mol. The smallest absolute Gasteiger partial charge is 0.278 e. The van der Waals surface area contributed by atoms with Crippen LogP contribution in [0.1, 0.15) is 31.0 Å². The summed E-state index contributed by atoms with van der Waals surface area (Å²) in [4.78, 5) is 31.2. The number of benzene rings is 1. The molecule has 1 spiro atoms. The van der Waals surface area contributed by atoms with Gasteiger partial charge in [0.05, 0.1) is 18.8 Å². The lowest BCUT2D eigenvalue weighted by Gasteiger charge is -2.36. The molecule has 11 heteroatoms. The van der Waals surface area contributed by atoms with Gasteiger partial charge in [-0.25, -0.2) is 23.7 Å². The fourth-order valence-corrected chi connectivity index (χ4v) is 6.32. The molecule has 4 aromatic rings. The normalized spacial score (nSPS) is 23.2. The predicted molar refractivity (Wildman–Crippen MR) is 156 cm³/mol. The molecule has 212 valence electrons. The Bertz CT molecular complexity index is 1720. The Labute approximate surface area is 236 Å². The lowest BCUT2D eigenvalue weighted by molar-refractivity contribution is -0.0102. The number of nitrogens with zero attached hydrogens (tertiary/aromatic N) is 7. The third-order valence-electron chi connectivity index (χ3n) is 9.10. The fourth-order valence-electron chi connectivity index (χ4n) is 6.32. The molecule has 0 amide bonds. The molecule has 2 atom stereocenters. The second kappa shape index (κ2) is 9.22. The van der Waals surface area contributed by atoms with E-state index < -0.39 is 11.9 Å². The molecule has 10 nitrogen and oxygen atoms in total. The van der Waals surface area contributed by atoms with Gasteiger partial charge < -0.3 is 15.3 Å². The van der Waals surface area contributed by atoms with Crippen LogP contribution in [0, 0.1) is 5.41 Å². The van der Waals surface area contributed by atoms with Gasteiger partial charge in [0.1, 0.15) is 11.0 Å². The summed E-state index contributed by atoms with van der Waals surface area (Å²) in [6.07, 6.45) is 4.95. The maximum atomic E-state index is 14.2. The number of alkyl halides is 1. The monoisotopic (exact) mass is 556 g/mol. The molecule has 2 N–H and O–H groups in total. The molecular weight excluding hydrogens is 523 g/mol. The van der Waals surface area contributed by atoms with Crippen molar-refractivity contribution in [3.63, 3.8) is 0 Å². The highest BCUT2D eigenvalue weighted by Crippen LogP contribution is 2.64. The van der Waals surface area contributed by atoms with Crippen LogP contribution in [0.4, 0.5) is 21.7 Å². The molecule has 1 aromatic carbocycles. The molecule has 0 bridgehead atoms. The zero-order chi connectivity index (χ0) is 28.5. The maximum Gasteiger partial charge on any atom is 0.278 e. The SMILES string of the molecule is C=CCn1c(=O)c2cnc(Nc3ccc(N4CCN(C)C(F)C4)cc3)nc2n1-c1ccc2c(n1)C(C)(O)C1(CC1)C2. The van der Waals surface area contributed by atoms with Crippen molar-refractivity contribution in [1.82, 2.24) is 29.2 Å². The molecule has 3 aliphatic rings. The highest BCUT2D eigenvalue weighted by atomic mass is 19.1. The first-order chi connectivity index (χ1) is 19.7. The number of hydrogen-bond acceptors (Lipinski definition) is 8. The fraction of sp³-hybridized carbons (Fsp3) is 0.400. The van der Waals surface area contributed by atoms with Gasteiger partial charge in [0.15, 0.2) is 17.8 Å². The summed E-state index contributed by atoms with van der Waals surface area (Å²) in [5, 5.41) is 15.0. The van der Waals surface area contributed by atoms with E-state index in [0.29, 0.717) is 41.6 Å². The molecule has 1 saturated heterocycles. The van der Waals surface area contributed by atoms with Crippen LogP contribution in [0.2, 0.25) is 0 Å². The van der Waals surface area contributed by atoms with Crippen molar-refractivity contribution < 1.29 is 9.50 Å². The average Bonchev–Trinajstić information content (AvgIpc) is 3.66. The summed E-state index contributed by atoms with van der Waals surface area (Å²) in [6.45, 7) is 7.68. The Morgan fingerprint density at radius 3 is 2.66 bits per heavy atom. The van der Waals surface area contributed by atoms with E-state index >= 15 is 0 Å². The van der Waals surface area contributed by atoms with Gasteiger partial charge in [-0.2, -0.15) is 4.98 Å². The predicted octanol–water partition coefficient (Wildman–Crippen LogP) is 3.50. The number of allylic oxidation sites excluding steroid dienone is 1. The zero-order valence-electron chi connectivity index (χ0n) is 23.2. The zero-order valence-corrected chi connectivity index (χ0v) is 23.2. The van der Waals surface area contributed by atoms with Crippen molar-refractivity contribution in [2.24, 2.45) is 5.41 Å². The number of piperazine rings is 1. The lowest BCUT2D eigenvalue weighted by Crippen LogP contribution is -2.49. The number of hydrogen-bond donors (Lipinski definition) is 2. The molecule has 1 saturated carbocycles. The summed E-state index contributed by atoms with van der Waals surface area (Å²) in [6, 6.07) is 11.6. The largest absolute Gasteiger partial charge is 0.383 e. The number of pyridine rings is 1. The van der Waals surface area contributed by atoms with Gasteiger partial charge in [0.2, 0.25) is 5.95 Å². The van der Waals surface area contributed by atoms with Crippen LogP contribution in [0.25, 0.3) is 16.9 Å². The molecule has 7 rings (SSSR count). The topological polar surface area (TPSA) is 104 Å². The molecule has 3 aromatic heterocycles. The van der Waals surface area contributed by atoms with Gasteiger partial charge in [-0.05, 0) is 69.1 Å². The molecule has 41 heavy (non-hydrogen) atoms. The Kier molecular flexibility index (Phi) is 5.81. The van der Waals surface area contributed by atoms with E-state index in [1.165, 1.54) is 10.9 Å². The van der Waals surface area contributed by atoms with Gasteiger partial charge in [0, 0.05) is 36.1 Å². The second-order valence-electron chi connectivity index (χ2n) is 11.7. The first-order valence-corrected chi connectivity index (χ1v) is 14.0. The summed E-state index contributed by atoms with van der Waals surface area (Å²) in [7, 11) is 1.80. The van der Waals surface area contributed by atoms with Crippen molar-refractivity contribution in [1.29, 1.82) is 0 Å². The third kappa shape index (κ3) is 4.06. The van der Waals surface area contributed by atoms with Crippen molar-refractivity contribution in [3.05, 3.63) is 76.9 Å². The van der Waals surface area contributed by atoms with Crippen molar-refractivity contribution >= 4 is 28.4 Å². The minimum atomic E-state index is -1.02. The number of nitrogens with one attached hydrogen (secondary N) is 1. The van der Waals surface area contributed by atoms with Crippen LogP contribution >= 0.6 is 0 Å². The third-order valence-corrected chi connectivity index (χ3v) is 9.10. The Hall–Kier alpha value is -4.09. The van der Waals surface area contributed by atoms with Crippen LogP contribution in [0.15, 0.2) is 60.0 Å². The number of aliphatic hydroxyl groups is 1. The summed E-state index contributed by atoms with van der Waals surface area (Å²) in [5.41, 5.74) is 2.43. The first-order valence-electron chi connectivity index (χ1n) is 14.0. The molecular formula is C30H33FN8O2. The van der Waals surface area contributed by atoms with E-state index in [2.05, 4.69) is 16.9 Å². The first kappa shape index (κ1) is 25.8. The van der Waals surface area contributed by atoms with E-state index in [9.17, 15) is 14.3 Å². The number of halogens is 1. The minimum Gasteiger partial charge on any atom is -0.383 e. The van der Waals surface area contributed by atoms with E-state index in [4.69, 9.17) is 9.97 Å². The highest BCUT2D eigenvalue weighted by Gasteiger charge is 2.62. The standard InChI is InChI=1S/C30H33FN8O2/c1-4-13-38-27(40)22-17-32-28(33-20-6-8-21(9-7-20)37-15-14-36(3)23(31)18-37)35-26(22)39(38)24-10-5-19-16-30(11-12-30)29(2,41)25(19)34-24/h4-10,17,23,41H,1,11-16,18H2,2-3H3,(H,32,33,35). The number of likely N-dealkylation sites (N-methyl/N-ethyl adjacent to an activating group) is 1. The van der Waals surface area contributed by atoms with Crippen LogP contribution in [0.5, 0.6) is 0 Å². The number of rotatable bonds is 6. The molecule has 2 unspecified atom stereocenters. The van der Waals surface area contributed by atoms with E-state index in [-0.39, 0.29) is 17.5 Å². The summed E-state index contributed by atoms with van der Waals surface area (Å²) >= 11 is 0. The molecule has 0 radical (unpaired) electrons. The molecule has 2 aliphatic carbocycles. The van der Waals surface area contributed by atoms with E-state index in [0.717, 1.165) is 42.7 Å². The van der Waals surface area contributed by atoms with Crippen LogP contribution in [0.3, 0.4) is 0 Å². The molecule has 4 heterocycles. The van der Waals surface area contributed by atoms with Crippen molar-refractivity contribution in [2.45, 2.75) is 44.6 Å². The summed E-state index contributed by atoms with van der Waals surface area (Å²) < 4.78 is 17.4. The van der Waals surface area contributed by atoms with E-state index in [1.54, 1.807) is 22.7 Å². The number of aromatic nitrogens is 5. The second-order valence-corrected chi connectivity index (χ2v) is 11.7. The van der Waals surface area contributed by atoms with Crippen LogP contribution in [-0.2, 0) is 18.6 Å². The Morgan fingerprint density at radius 2 is 1.95 bits per heavy atom. The summed E-state index contributed by atoms with van der Waals surface area (Å²) in [5.74, 6) is 0.825. The van der Waals surface area contributed by atoms with Gasteiger partial charge in [-0.3, -0.25) is 9.69 Å². The maximum absolute atomic E-state index is 14.2. The van der Waals surface area contributed by atoms with E-state index in [1.807, 2.05) is 48.2 Å².